The Balaban J connectivity index is 1.91. The molecule has 1 saturated heterocycles. The highest BCUT2D eigenvalue weighted by Gasteiger charge is 2.35. The number of ether oxygens (including phenoxy) is 2. The second-order valence-corrected chi connectivity index (χ2v) is 8.01. The first-order chi connectivity index (χ1) is 14.9. The second kappa shape index (κ2) is 10.2. The zero-order valence-electron chi connectivity index (χ0n) is 17.7. The Morgan fingerprint density at radius 2 is 1.90 bits per heavy atom. The molecule has 0 aliphatic carbocycles. The van der Waals surface area contributed by atoms with Gasteiger partial charge in [-0.3, -0.25) is 14.5 Å². The number of rotatable bonds is 8. The van der Waals surface area contributed by atoms with Gasteiger partial charge in [-0.2, -0.15) is 0 Å². The molecule has 2 amide bonds. The van der Waals surface area contributed by atoms with Crippen LogP contribution in [-0.2, 0) is 9.59 Å². The number of benzene rings is 2. The molecule has 3 rings (SSSR count). The van der Waals surface area contributed by atoms with E-state index in [-0.39, 0.29) is 18.6 Å². The molecule has 8 heteroatoms. The molecule has 0 atom stereocenters. The fraction of sp³-hybridized carbons (Fsp3) is 0.261. The monoisotopic (exact) mass is 439 g/mol. The molecule has 1 fully saturated rings. The molecular weight excluding hydrogens is 414 g/mol. The van der Waals surface area contributed by atoms with Crippen molar-refractivity contribution in [2.75, 3.05) is 13.2 Å². The van der Waals surface area contributed by atoms with Gasteiger partial charge in [-0.15, -0.1) is 0 Å². The summed E-state index contributed by atoms with van der Waals surface area (Å²) >= 11 is 1.34. The molecule has 0 aromatic heterocycles. The summed E-state index contributed by atoms with van der Waals surface area (Å²) in [7, 11) is 0. The highest BCUT2D eigenvalue weighted by molar-refractivity contribution is 8.18. The first-order valence-corrected chi connectivity index (χ1v) is 10.8. The third-order valence-corrected chi connectivity index (χ3v) is 5.25. The van der Waals surface area contributed by atoms with E-state index in [1.807, 2.05) is 51.1 Å². The highest BCUT2D eigenvalue weighted by Crippen LogP contribution is 2.36. The maximum absolute atomic E-state index is 13.1. The van der Waals surface area contributed by atoms with Gasteiger partial charge in [-0.1, -0.05) is 24.3 Å². The number of aliphatic imine (C=N–C) groups is 1. The largest absolute Gasteiger partial charge is 0.490 e. The fourth-order valence-corrected chi connectivity index (χ4v) is 4.06. The number of para-hydroxylation sites is 1. The van der Waals surface area contributed by atoms with Gasteiger partial charge >= 0.3 is 0 Å². The van der Waals surface area contributed by atoms with E-state index in [0.29, 0.717) is 28.2 Å². The van der Waals surface area contributed by atoms with Crippen LogP contribution >= 0.6 is 11.8 Å². The third-order valence-electron chi connectivity index (χ3n) is 4.27. The van der Waals surface area contributed by atoms with E-state index in [0.717, 1.165) is 11.3 Å². The smallest absolute Gasteiger partial charge is 0.266 e. The number of primary amides is 1. The number of hydrogen-bond acceptors (Lipinski definition) is 6. The molecule has 1 aliphatic rings. The van der Waals surface area contributed by atoms with Crippen molar-refractivity contribution in [1.29, 1.82) is 0 Å². The number of amides is 2. The number of amidine groups is 1. The predicted octanol–water partition coefficient (Wildman–Crippen LogP) is 3.96. The molecule has 2 aromatic carbocycles. The normalized spacial score (nSPS) is 16.4. The summed E-state index contributed by atoms with van der Waals surface area (Å²) in [4.78, 5) is 31.0. The standard InChI is InChI=1S/C23H25N3O4S/c1-4-29-19-12-16(10-11-18(19)30-14-21(24)27)13-20-22(28)26(15(2)3)23(31-20)25-17-8-6-5-7-9-17/h5-13,15H,4,14H2,1-3H3,(H2,24,27)/b20-13+,25-23?. The van der Waals surface area contributed by atoms with Gasteiger partial charge < -0.3 is 15.2 Å². The van der Waals surface area contributed by atoms with E-state index in [9.17, 15) is 9.59 Å². The topological polar surface area (TPSA) is 94.2 Å². The zero-order chi connectivity index (χ0) is 22.4. The van der Waals surface area contributed by atoms with E-state index in [4.69, 9.17) is 15.2 Å². The summed E-state index contributed by atoms with van der Waals surface area (Å²) in [6.07, 6.45) is 1.80. The van der Waals surface area contributed by atoms with Gasteiger partial charge in [0.1, 0.15) is 0 Å². The summed E-state index contributed by atoms with van der Waals surface area (Å²) < 4.78 is 11.0. The quantitative estimate of drug-likeness (QED) is 0.628. The minimum absolute atomic E-state index is 0.0306. The maximum atomic E-state index is 13.1. The Hall–Kier alpha value is -3.26. The van der Waals surface area contributed by atoms with Gasteiger partial charge in [0, 0.05) is 6.04 Å². The Kier molecular flexibility index (Phi) is 7.36. The molecule has 0 spiro atoms. The molecule has 2 N–H and O–H groups in total. The Morgan fingerprint density at radius 3 is 2.55 bits per heavy atom. The van der Waals surface area contributed by atoms with Gasteiger partial charge in [-0.25, -0.2) is 4.99 Å². The maximum Gasteiger partial charge on any atom is 0.266 e. The lowest BCUT2D eigenvalue weighted by Crippen LogP contribution is -2.35. The van der Waals surface area contributed by atoms with Crippen molar-refractivity contribution in [2.45, 2.75) is 26.8 Å². The summed E-state index contributed by atoms with van der Waals surface area (Å²) in [5, 5.41) is 0.642. The van der Waals surface area contributed by atoms with Crippen molar-refractivity contribution >= 4 is 40.5 Å². The van der Waals surface area contributed by atoms with E-state index < -0.39 is 5.91 Å². The zero-order valence-corrected chi connectivity index (χ0v) is 18.5. The third kappa shape index (κ3) is 5.67. The van der Waals surface area contributed by atoms with Crippen LogP contribution in [-0.4, -0.2) is 41.1 Å². The van der Waals surface area contributed by atoms with Crippen LogP contribution in [0, 0.1) is 0 Å². The van der Waals surface area contributed by atoms with E-state index >= 15 is 0 Å². The van der Waals surface area contributed by atoms with Crippen LogP contribution < -0.4 is 15.2 Å². The van der Waals surface area contributed by atoms with Gasteiger partial charge in [-0.05, 0) is 68.4 Å². The SMILES string of the molecule is CCOc1cc(/C=C2/SC(=Nc3ccccc3)N(C(C)C)C2=O)ccc1OCC(N)=O. The van der Waals surface area contributed by atoms with Crippen LogP contribution in [0.5, 0.6) is 11.5 Å². The Labute approximate surface area is 185 Å². The van der Waals surface area contributed by atoms with Gasteiger partial charge in [0.05, 0.1) is 17.2 Å². The minimum Gasteiger partial charge on any atom is -0.490 e. The first kappa shape index (κ1) is 22.4. The van der Waals surface area contributed by atoms with E-state index in [1.54, 1.807) is 29.2 Å². The molecule has 0 saturated carbocycles. The molecule has 1 heterocycles. The predicted molar refractivity (Wildman–Crippen MR) is 123 cm³/mol. The molecule has 31 heavy (non-hydrogen) atoms. The van der Waals surface area contributed by atoms with Crippen molar-refractivity contribution < 1.29 is 19.1 Å². The molecule has 7 nitrogen and oxygen atoms in total. The first-order valence-electron chi connectivity index (χ1n) is 9.93. The summed E-state index contributed by atoms with van der Waals surface area (Å²) in [6.45, 7) is 5.96. The summed E-state index contributed by atoms with van der Waals surface area (Å²) in [5.41, 5.74) is 6.72. The minimum atomic E-state index is -0.569. The van der Waals surface area contributed by atoms with Gasteiger partial charge in [0.15, 0.2) is 23.3 Å². The molecule has 0 bridgehead atoms. The van der Waals surface area contributed by atoms with Crippen molar-refractivity contribution in [3.8, 4) is 11.5 Å². The Bertz CT molecular complexity index is 1020. The average Bonchev–Trinajstić information content (AvgIpc) is 3.03. The molecule has 0 radical (unpaired) electrons. The molecule has 162 valence electrons. The van der Waals surface area contributed by atoms with Crippen molar-refractivity contribution in [1.82, 2.24) is 4.90 Å². The number of carbonyl (C=O) groups is 2. The van der Waals surface area contributed by atoms with Gasteiger partial charge in [0.25, 0.3) is 11.8 Å². The molecule has 1 aliphatic heterocycles. The Morgan fingerprint density at radius 1 is 1.16 bits per heavy atom. The van der Waals surface area contributed by atoms with Crippen molar-refractivity contribution in [2.24, 2.45) is 10.7 Å². The lowest BCUT2D eigenvalue weighted by Gasteiger charge is -2.19. The molecular formula is C23H25N3O4S. The van der Waals surface area contributed by atoms with Crippen molar-refractivity contribution in [3.05, 3.63) is 59.0 Å². The van der Waals surface area contributed by atoms with Crippen molar-refractivity contribution in [3.63, 3.8) is 0 Å². The molecule has 2 aromatic rings. The number of hydrogen-bond donors (Lipinski definition) is 1. The van der Waals surface area contributed by atoms with Gasteiger partial charge in [0.2, 0.25) is 0 Å². The van der Waals surface area contributed by atoms with Crippen LogP contribution in [0.2, 0.25) is 0 Å². The van der Waals surface area contributed by atoms with Crippen LogP contribution in [0.3, 0.4) is 0 Å². The lowest BCUT2D eigenvalue weighted by atomic mass is 10.1. The van der Waals surface area contributed by atoms with Crippen LogP contribution in [0.4, 0.5) is 5.69 Å². The van der Waals surface area contributed by atoms with Crippen LogP contribution in [0.1, 0.15) is 26.3 Å². The van der Waals surface area contributed by atoms with E-state index in [1.165, 1.54) is 11.8 Å². The van der Waals surface area contributed by atoms with Crippen LogP contribution in [0.15, 0.2) is 58.4 Å². The van der Waals surface area contributed by atoms with Crippen LogP contribution in [0.25, 0.3) is 6.08 Å². The number of nitrogens with zero attached hydrogens (tertiary/aromatic N) is 2. The van der Waals surface area contributed by atoms with E-state index in [2.05, 4.69) is 4.99 Å². The summed E-state index contributed by atoms with van der Waals surface area (Å²) in [5.74, 6) is 0.234. The summed E-state index contributed by atoms with van der Waals surface area (Å²) in [6, 6.07) is 14.8. The molecule has 0 unspecified atom stereocenters. The second-order valence-electron chi connectivity index (χ2n) is 7.00. The number of carbonyl (C=O) groups excluding carboxylic acids is 2. The average molecular weight is 440 g/mol. The number of thioether (sulfide) groups is 1. The lowest BCUT2D eigenvalue weighted by molar-refractivity contribution is -0.123. The highest BCUT2D eigenvalue weighted by atomic mass is 32.2. The number of nitrogens with two attached hydrogens (primary N) is 1. The fourth-order valence-electron chi connectivity index (χ4n) is 2.94.